The van der Waals surface area contributed by atoms with Gasteiger partial charge in [0.1, 0.15) is 0 Å². The Balaban J connectivity index is 1.89. The number of amidine groups is 1. The molecule has 1 aromatic carbocycles. The molecule has 0 unspecified atom stereocenters. The van der Waals surface area contributed by atoms with Crippen LogP contribution in [0.25, 0.3) is 0 Å². The number of rotatable bonds is 5. The minimum atomic E-state index is -0.154. The number of H-pyrrole nitrogens is 1. The van der Waals surface area contributed by atoms with E-state index < -0.39 is 0 Å². The van der Waals surface area contributed by atoms with Gasteiger partial charge in [-0.05, 0) is 5.56 Å². The lowest BCUT2D eigenvalue weighted by Crippen LogP contribution is -2.25. The van der Waals surface area contributed by atoms with Gasteiger partial charge >= 0.3 is 4.87 Å². The number of nitrogens with one attached hydrogen (secondary N) is 2. The van der Waals surface area contributed by atoms with Gasteiger partial charge in [0, 0.05) is 16.6 Å². The Hall–Kier alpha value is -2.61. The second-order valence-corrected chi connectivity index (χ2v) is 5.15. The monoisotopic (exact) mass is 306 g/mol. The van der Waals surface area contributed by atoms with E-state index in [0.717, 1.165) is 16.9 Å². The number of thiazole rings is 1. The van der Waals surface area contributed by atoms with E-state index in [0.29, 0.717) is 17.8 Å². The number of nitrogens with two attached hydrogens (primary N) is 1. The second kappa shape index (κ2) is 6.71. The Morgan fingerprint density at radius 3 is 2.67 bits per heavy atom. The summed E-state index contributed by atoms with van der Waals surface area (Å²) in [6, 6.07) is 6.82. The number of amides is 1. The van der Waals surface area contributed by atoms with Crippen molar-refractivity contribution in [2.45, 2.75) is 13.0 Å². The molecule has 7 nitrogen and oxygen atoms in total. The lowest BCUT2D eigenvalue weighted by Gasteiger charge is -2.05. The Morgan fingerprint density at radius 2 is 2.10 bits per heavy atom. The molecule has 0 bridgehead atoms. The van der Waals surface area contributed by atoms with Crippen LogP contribution in [0.15, 0.2) is 39.6 Å². The molecule has 1 aromatic heterocycles. The van der Waals surface area contributed by atoms with Gasteiger partial charge in [0.15, 0.2) is 5.84 Å². The molecule has 0 fully saturated rings. The van der Waals surface area contributed by atoms with E-state index in [1.54, 1.807) is 29.6 Å². The number of aromatic amines is 1. The zero-order chi connectivity index (χ0) is 15.2. The number of aromatic nitrogens is 1. The van der Waals surface area contributed by atoms with Gasteiger partial charge in [-0.2, -0.15) is 0 Å². The van der Waals surface area contributed by atoms with E-state index >= 15 is 0 Å². The quantitative estimate of drug-likeness (QED) is 0.276. The molecule has 0 saturated carbocycles. The fourth-order valence-electron chi connectivity index (χ4n) is 1.69. The van der Waals surface area contributed by atoms with Gasteiger partial charge in [0.05, 0.1) is 13.0 Å². The molecule has 110 valence electrons. The van der Waals surface area contributed by atoms with Crippen LogP contribution in [0.2, 0.25) is 0 Å². The van der Waals surface area contributed by atoms with Crippen molar-refractivity contribution in [2.75, 3.05) is 0 Å². The molecule has 0 radical (unpaired) electrons. The largest absolute Gasteiger partial charge is 0.409 e. The zero-order valence-corrected chi connectivity index (χ0v) is 11.8. The summed E-state index contributed by atoms with van der Waals surface area (Å²) in [4.78, 5) is 25.2. The third-order valence-corrected chi connectivity index (χ3v) is 3.49. The van der Waals surface area contributed by atoms with Crippen molar-refractivity contribution in [1.82, 2.24) is 10.3 Å². The number of oxime groups is 1. The van der Waals surface area contributed by atoms with Gasteiger partial charge in [-0.15, -0.1) is 0 Å². The van der Waals surface area contributed by atoms with Gasteiger partial charge in [0.25, 0.3) is 0 Å². The first-order chi connectivity index (χ1) is 10.1. The summed E-state index contributed by atoms with van der Waals surface area (Å²) in [5, 5.41) is 15.9. The fraction of sp³-hybridized carbons (Fsp3) is 0.154. The topological polar surface area (TPSA) is 121 Å². The first-order valence-electron chi connectivity index (χ1n) is 6.08. The van der Waals surface area contributed by atoms with E-state index in [4.69, 9.17) is 10.9 Å². The van der Waals surface area contributed by atoms with Gasteiger partial charge in [-0.3, -0.25) is 9.59 Å². The highest BCUT2D eigenvalue weighted by molar-refractivity contribution is 7.07. The van der Waals surface area contributed by atoms with Crippen LogP contribution in [-0.2, 0) is 17.8 Å². The van der Waals surface area contributed by atoms with Crippen LogP contribution >= 0.6 is 11.3 Å². The summed E-state index contributed by atoms with van der Waals surface area (Å²) in [7, 11) is 0. The molecule has 1 amide bonds. The Morgan fingerprint density at radius 1 is 1.38 bits per heavy atom. The molecule has 21 heavy (non-hydrogen) atoms. The molecule has 0 aliphatic heterocycles. The predicted octanol–water partition coefficient (Wildman–Crippen LogP) is 0.390. The molecule has 8 heteroatoms. The lowest BCUT2D eigenvalue weighted by molar-refractivity contribution is -0.120. The number of hydrogen-bond acceptors (Lipinski definition) is 5. The highest BCUT2D eigenvalue weighted by Gasteiger charge is 2.05. The van der Waals surface area contributed by atoms with E-state index in [9.17, 15) is 9.59 Å². The van der Waals surface area contributed by atoms with Crippen LogP contribution < -0.4 is 15.9 Å². The number of carbonyl (C=O) groups excluding carboxylic acids is 1. The Kier molecular flexibility index (Phi) is 4.72. The van der Waals surface area contributed by atoms with Crippen LogP contribution in [-0.4, -0.2) is 21.9 Å². The normalized spacial score (nSPS) is 11.3. The first-order valence-corrected chi connectivity index (χ1v) is 6.96. The predicted molar refractivity (Wildman–Crippen MR) is 79.4 cm³/mol. The summed E-state index contributed by atoms with van der Waals surface area (Å²) < 4.78 is 0. The molecule has 0 atom stereocenters. The minimum absolute atomic E-state index is 0.0208. The van der Waals surface area contributed by atoms with Crippen LogP contribution in [0.5, 0.6) is 0 Å². The molecular weight excluding hydrogens is 292 g/mol. The van der Waals surface area contributed by atoms with Gasteiger partial charge in [-0.25, -0.2) is 0 Å². The van der Waals surface area contributed by atoms with E-state index in [1.807, 2.05) is 0 Å². The zero-order valence-electron chi connectivity index (χ0n) is 11.0. The first kappa shape index (κ1) is 14.8. The van der Waals surface area contributed by atoms with Crippen molar-refractivity contribution in [3.05, 3.63) is 56.1 Å². The summed E-state index contributed by atoms with van der Waals surface area (Å²) in [6.45, 7) is 0.291. The molecule has 2 aromatic rings. The Bertz CT molecular complexity index is 703. The molecule has 1 heterocycles. The average molecular weight is 306 g/mol. The summed E-state index contributed by atoms with van der Waals surface area (Å²) >= 11 is 1.06. The molecule has 0 saturated heterocycles. The highest BCUT2D eigenvalue weighted by Crippen LogP contribution is 2.05. The minimum Gasteiger partial charge on any atom is -0.409 e. The van der Waals surface area contributed by atoms with Gasteiger partial charge in [0.2, 0.25) is 5.91 Å². The molecule has 2 rings (SSSR count). The number of carbonyl (C=O) groups is 1. The number of hydrogen-bond donors (Lipinski definition) is 4. The van der Waals surface area contributed by atoms with E-state index in [2.05, 4.69) is 15.5 Å². The second-order valence-electron chi connectivity index (χ2n) is 4.31. The average Bonchev–Trinajstić information content (AvgIpc) is 2.91. The fourth-order valence-corrected chi connectivity index (χ4v) is 2.27. The molecular formula is C13H14N4O3S. The van der Waals surface area contributed by atoms with Crippen molar-refractivity contribution in [2.24, 2.45) is 10.9 Å². The van der Waals surface area contributed by atoms with Crippen LogP contribution in [0.3, 0.4) is 0 Å². The van der Waals surface area contributed by atoms with Gasteiger partial charge < -0.3 is 21.2 Å². The van der Waals surface area contributed by atoms with Crippen molar-refractivity contribution in [1.29, 1.82) is 0 Å². The smallest absolute Gasteiger partial charge is 0.304 e. The van der Waals surface area contributed by atoms with Gasteiger partial charge in [-0.1, -0.05) is 40.8 Å². The van der Waals surface area contributed by atoms with Crippen molar-refractivity contribution >= 4 is 23.1 Å². The van der Waals surface area contributed by atoms with Crippen LogP contribution in [0.4, 0.5) is 0 Å². The molecule has 0 aliphatic carbocycles. The maximum Gasteiger partial charge on any atom is 0.304 e. The SMILES string of the molecule is N/C(=N/O)c1ccc(CC(=O)NCc2csc(=O)[nH]2)cc1. The maximum atomic E-state index is 11.8. The van der Waals surface area contributed by atoms with Crippen molar-refractivity contribution in [3.63, 3.8) is 0 Å². The molecule has 0 aliphatic rings. The van der Waals surface area contributed by atoms with Crippen molar-refractivity contribution < 1.29 is 10.0 Å². The highest BCUT2D eigenvalue weighted by atomic mass is 32.1. The van der Waals surface area contributed by atoms with E-state index in [-0.39, 0.29) is 23.0 Å². The lowest BCUT2D eigenvalue weighted by atomic mass is 10.1. The maximum absolute atomic E-state index is 11.8. The summed E-state index contributed by atoms with van der Waals surface area (Å²) in [5.74, 6) is -0.133. The number of benzene rings is 1. The number of nitrogens with zero attached hydrogens (tertiary/aromatic N) is 1. The van der Waals surface area contributed by atoms with Crippen molar-refractivity contribution in [3.8, 4) is 0 Å². The standard InChI is InChI=1S/C13H14N4O3S/c14-12(17-20)9-3-1-8(2-4-9)5-11(18)15-6-10-7-21-13(19)16-10/h1-4,7,20H,5-6H2,(H2,14,17)(H,15,18)(H,16,19). The summed E-state index contributed by atoms with van der Waals surface area (Å²) in [5.41, 5.74) is 7.52. The third-order valence-electron chi connectivity index (χ3n) is 2.77. The van der Waals surface area contributed by atoms with E-state index in [1.165, 1.54) is 0 Å². The third kappa shape index (κ3) is 4.18. The Labute approximate surface area is 124 Å². The summed E-state index contributed by atoms with van der Waals surface area (Å²) in [6.07, 6.45) is 0.213. The van der Waals surface area contributed by atoms with Crippen LogP contribution in [0.1, 0.15) is 16.8 Å². The molecule has 5 N–H and O–H groups in total. The van der Waals surface area contributed by atoms with Crippen LogP contribution in [0, 0.1) is 0 Å². The molecule has 0 spiro atoms.